The largest absolute Gasteiger partial charge is 0.478 e. The van der Waals surface area contributed by atoms with Crippen LogP contribution in [-0.2, 0) is 16.6 Å². The first-order valence-electron chi connectivity index (χ1n) is 7.70. The van der Waals surface area contributed by atoms with Gasteiger partial charge < -0.3 is 9.67 Å². The summed E-state index contributed by atoms with van der Waals surface area (Å²) in [7, 11) is -3.81. The highest BCUT2D eigenvalue weighted by atomic mass is 32.2. The van der Waals surface area contributed by atoms with Crippen molar-refractivity contribution in [3.8, 4) is 0 Å². The molecule has 3 rings (SSSR count). The second kappa shape index (κ2) is 6.53. The van der Waals surface area contributed by atoms with Gasteiger partial charge in [0.25, 0.3) is 10.0 Å². The number of fused-ring (bicyclic) bond motifs is 1. The zero-order valence-corrected chi connectivity index (χ0v) is 15.4. The van der Waals surface area contributed by atoms with E-state index in [2.05, 4.69) is 23.1 Å². The van der Waals surface area contributed by atoms with Gasteiger partial charge in [0.05, 0.1) is 5.56 Å². The summed E-state index contributed by atoms with van der Waals surface area (Å²) < 4.78 is 29.5. The normalized spacial score (nSPS) is 12.0. The van der Waals surface area contributed by atoms with Gasteiger partial charge in [-0.25, -0.2) is 13.2 Å². The van der Waals surface area contributed by atoms with Crippen molar-refractivity contribution in [2.75, 3.05) is 4.72 Å². The summed E-state index contributed by atoms with van der Waals surface area (Å²) in [6, 6.07) is 8.47. The molecule has 0 amide bonds. The minimum atomic E-state index is -3.81. The van der Waals surface area contributed by atoms with Gasteiger partial charge >= 0.3 is 5.97 Å². The lowest BCUT2D eigenvalue weighted by molar-refractivity contribution is 0.0697. The molecule has 0 atom stereocenters. The molecule has 0 spiro atoms. The number of hydrogen-bond acceptors (Lipinski definition) is 4. The minimum Gasteiger partial charge on any atom is -0.478 e. The highest BCUT2D eigenvalue weighted by Gasteiger charge is 2.19. The smallest absolute Gasteiger partial charge is 0.336 e. The third-order valence-corrected chi connectivity index (χ3v) is 6.49. The number of aromatic carboxylic acids is 1. The fourth-order valence-electron chi connectivity index (χ4n) is 2.59. The molecule has 8 heteroatoms. The van der Waals surface area contributed by atoms with Crippen LogP contribution in [0.3, 0.4) is 0 Å². The molecule has 0 radical (unpaired) electrons. The number of thiophene rings is 1. The van der Waals surface area contributed by atoms with Gasteiger partial charge in [-0.05, 0) is 36.2 Å². The monoisotopic (exact) mass is 378 g/mol. The van der Waals surface area contributed by atoms with E-state index in [1.807, 2.05) is 18.3 Å². The van der Waals surface area contributed by atoms with Gasteiger partial charge in [0.1, 0.15) is 4.21 Å². The second-order valence-electron chi connectivity index (χ2n) is 6.20. The summed E-state index contributed by atoms with van der Waals surface area (Å²) in [5.74, 6) is -0.637. The summed E-state index contributed by atoms with van der Waals surface area (Å²) in [6.07, 6.45) is 1.99. The maximum atomic E-state index is 12.4. The van der Waals surface area contributed by atoms with Gasteiger partial charge in [0.2, 0.25) is 0 Å². The molecule has 0 fully saturated rings. The molecule has 2 N–H and O–H groups in total. The predicted molar refractivity (Wildman–Crippen MR) is 98.9 cm³/mol. The van der Waals surface area contributed by atoms with Crippen molar-refractivity contribution >= 4 is 43.9 Å². The lowest BCUT2D eigenvalue weighted by Gasteiger charge is -2.10. The summed E-state index contributed by atoms with van der Waals surface area (Å²) in [5.41, 5.74) is 1.45. The summed E-state index contributed by atoms with van der Waals surface area (Å²) in [5, 5.41) is 11.2. The molecule has 132 valence electrons. The van der Waals surface area contributed by atoms with Crippen molar-refractivity contribution in [3.63, 3.8) is 0 Å². The first-order valence-corrected chi connectivity index (χ1v) is 10.1. The third-order valence-electron chi connectivity index (χ3n) is 3.67. The molecule has 0 aliphatic carbocycles. The van der Waals surface area contributed by atoms with Gasteiger partial charge in [-0.1, -0.05) is 13.8 Å². The number of carboxylic acids is 1. The minimum absolute atomic E-state index is 0.0256. The topological polar surface area (TPSA) is 88.4 Å². The number of carboxylic acid groups (broad SMARTS) is 1. The maximum Gasteiger partial charge on any atom is 0.336 e. The summed E-state index contributed by atoms with van der Waals surface area (Å²) >= 11 is 0.883. The van der Waals surface area contributed by atoms with E-state index in [1.165, 1.54) is 5.38 Å². The first kappa shape index (κ1) is 17.5. The molecular weight excluding hydrogens is 360 g/mol. The quantitative estimate of drug-likeness (QED) is 0.682. The molecule has 0 saturated carbocycles. The molecule has 3 aromatic rings. The Morgan fingerprint density at radius 3 is 2.68 bits per heavy atom. The number of anilines is 1. The number of nitrogens with zero attached hydrogens (tertiary/aromatic N) is 1. The van der Waals surface area contributed by atoms with Crippen LogP contribution in [0.4, 0.5) is 5.69 Å². The molecule has 2 aromatic heterocycles. The van der Waals surface area contributed by atoms with Crippen molar-refractivity contribution < 1.29 is 18.3 Å². The number of aromatic nitrogens is 1. The molecule has 6 nitrogen and oxygen atoms in total. The van der Waals surface area contributed by atoms with Gasteiger partial charge in [-0.3, -0.25) is 4.72 Å². The standard InChI is InChI=1S/C17H18N2O4S2/c1-11(2)9-19-6-5-12-7-14(3-4-15(12)19)18-25(22,23)16-8-13(10-24-16)17(20)21/h3-8,10-11,18H,9H2,1-2H3,(H,20,21). The lowest BCUT2D eigenvalue weighted by Crippen LogP contribution is -2.11. The van der Waals surface area contributed by atoms with Crippen LogP contribution >= 0.6 is 11.3 Å². The second-order valence-corrected chi connectivity index (χ2v) is 9.02. The van der Waals surface area contributed by atoms with Gasteiger partial charge in [0, 0.05) is 34.7 Å². The van der Waals surface area contributed by atoms with E-state index >= 15 is 0 Å². The van der Waals surface area contributed by atoms with Crippen LogP contribution in [0.25, 0.3) is 10.9 Å². The average molecular weight is 378 g/mol. The number of hydrogen-bond donors (Lipinski definition) is 2. The van der Waals surface area contributed by atoms with Crippen molar-refractivity contribution in [2.24, 2.45) is 5.92 Å². The molecule has 1 aromatic carbocycles. The number of rotatable bonds is 6. The molecule has 0 saturated heterocycles. The fraction of sp³-hybridized carbons (Fsp3) is 0.235. The van der Waals surface area contributed by atoms with Crippen molar-refractivity contribution in [3.05, 3.63) is 47.5 Å². The Bertz CT molecular complexity index is 1030. The Labute approximate surface area is 149 Å². The van der Waals surface area contributed by atoms with E-state index < -0.39 is 16.0 Å². The third kappa shape index (κ3) is 3.69. The van der Waals surface area contributed by atoms with Crippen LogP contribution in [0.2, 0.25) is 0 Å². The Balaban J connectivity index is 1.87. The number of benzene rings is 1. The SMILES string of the molecule is CC(C)Cn1ccc2cc(NS(=O)(=O)c3cc(C(=O)O)cs3)ccc21. The molecule has 0 aliphatic rings. The molecular formula is C17H18N2O4S2. The Hall–Kier alpha value is -2.32. The van der Waals surface area contributed by atoms with E-state index in [9.17, 15) is 13.2 Å². The Kier molecular flexibility index (Phi) is 4.57. The van der Waals surface area contributed by atoms with Crippen molar-refractivity contribution in [1.82, 2.24) is 4.57 Å². The van der Waals surface area contributed by atoms with Crippen LogP contribution in [0.5, 0.6) is 0 Å². The lowest BCUT2D eigenvalue weighted by atomic mass is 10.2. The average Bonchev–Trinajstić information content (AvgIpc) is 3.14. The maximum absolute atomic E-state index is 12.4. The number of sulfonamides is 1. The van der Waals surface area contributed by atoms with Crippen LogP contribution in [0, 0.1) is 5.92 Å². The molecule has 2 heterocycles. The van der Waals surface area contributed by atoms with Gasteiger partial charge in [-0.2, -0.15) is 0 Å². The van der Waals surface area contributed by atoms with E-state index in [-0.39, 0.29) is 9.77 Å². The van der Waals surface area contributed by atoms with E-state index in [1.54, 1.807) is 12.1 Å². The highest BCUT2D eigenvalue weighted by molar-refractivity contribution is 7.94. The van der Waals surface area contributed by atoms with Crippen molar-refractivity contribution in [1.29, 1.82) is 0 Å². The zero-order chi connectivity index (χ0) is 18.2. The van der Waals surface area contributed by atoms with E-state index in [0.29, 0.717) is 11.6 Å². The molecule has 0 unspecified atom stereocenters. The van der Waals surface area contributed by atoms with Crippen LogP contribution in [0.1, 0.15) is 24.2 Å². The Morgan fingerprint density at radius 1 is 1.28 bits per heavy atom. The molecule has 25 heavy (non-hydrogen) atoms. The summed E-state index contributed by atoms with van der Waals surface area (Å²) in [6.45, 7) is 5.17. The zero-order valence-electron chi connectivity index (χ0n) is 13.8. The fourth-order valence-corrected chi connectivity index (χ4v) is 4.79. The Morgan fingerprint density at radius 2 is 2.04 bits per heavy atom. The van der Waals surface area contributed by atoms with Gasteiger partial charge in [0.15, 0.2) is 0 Å². The van der Waals surface area contributed by atoms with E-state index in [0.717, 1.165) is 34.9 Å². The van der Waals surface area contributed by atoms with Crippen LogP contribution < -0.4 is 4.72 Å². The number of carbonyl (C=O) groups is 1. The molecule has 0 bridgehead atoms. The van der Waals surface area contributed by atoms with Gasteiger partial charge in [-0.15, -0.1) is 11.3 Å². The predicted octanol–water partition coefficient (Wildman–Crippen LogP) is 3.86. The first-order chi connectivity index (χ1) is 11.8. The number of nitrogens with one attached hydrogen (secondary N) is 1. The van der Waals surface area contributed by atoms with Crippen molar-refractivity contribution in [2.45, 2.75) is 24.6 Å². The summed E-state index contributed by atoms with van der Waals surface area (Å²) in [4.78, 5) is 10.9. The van der Waals surface area contributed by atoms with E-state index in [4.69, 9.17) is 5.11 Å². The molecule has 0 aliphatic heterocycles. The van der Waals surface area contributed by atoms with Crippen LogP contribution in [-0.4, -0.2) is 24.1 Å². The highest BCUT2D eigenvalue weighted by Crippen LogP contribution is 2.26. The van der Waals surface area contributed by atoms with Crippen LogP contribution in [0.15, 0.2) is 46.1 Å².